The maximum Gasteiger partial charge on any atom is 0.411 e. The number of rotatable bonds is 33. The van der Waals surface area contributed by atoms with Crippen LogP contribution >= 0.6 is 0 Å². The number of Topliss-reactive ketones (excluding diaryl/α,β-unsaturated/α-hetero) is 2. The van der Waals surface area contributed by atoms with Crippen LogP contribution in [0.15, 0.2) is 48.5 Å². The quantitative estimate of drug-likeness (QED) is 0.0307. The predicted molar refractivity (Wildman–Crippen MR) is 325 cm³/mol. The smallest absolute Gasteiger partial charge is 0.411 e. The summed E-state index contributed by atoms with van der Waals surface area (Å²) in [5.74, 6) is -4.95. The number of esters is 3. The molecular formula is C65H101N5O17. The van der Waals surface area contributed by atoms with E-state index in [2.05, 4.69) is 6.92 Å². The largest absolute Gasteiger partial charge is 0.467 e. The number of benzene rings is 2. The van der Waals surface area contributed by atoms with Gasteiger partial charge in [-0.2, -0.15) is 0 Å². The summed E-state index contributed by atoms with van der Waals surface area (Å²) in [7, 11) is 9.79. The first-order chi connectivity index (χ1) is 41.1. The van der Waals surface area contributed by atoms with E-state index >= 15 is 0 Å². The lowest BCUT2D eigenvalue weighted by Crippen LogP contribution is -2.60. The van der Waals surface area contributed by atoms with E-state index in [1.54, 1.807) is 52.1 Å². The topological polar surface area (TPSA) is 259 Å². The Hall–Kier alpha value is -6.20. The number of carbonyl (C=O) groups is 8. The molecule has 87 heavy (non-hydrogen) atoms. The molecule has 2 aromatic carbocycles. The highest BCUT2D eigenvalue weighted by Crippen LogP contribution is 2.37. The van der Waals surface area contributed by atoms with Gasteiger partial charge in [0.15, 0.2) is 24.1 Å². The molecule has 0 bridgehead atoms. The minimum atomic E-state index is -1.50. The zero-order valence-electron chi connectivity index (χ0n) is 54.8. The number of likely N-dealkylation sites (N-methyl/N-ethyl adjacent to an activating group) is 2. The van der Waals surface area contributed by atoms with Gasteiger partial charge in [0.1, 0.15) is 24.9 Å². The first-order valence-electron chi connectivity index (χ1n) is 30.6. The van der Waals surface area contributed by atoms with Crippen molar-refractivity contribution in [1.82, 2.24) is 19.6 Å². The van der Waals surface area contributed by atoms with Gasteiger partial charge in [0.05, 0.1) is 61.6 Å². The Labute approximate surface area is 516 Å². The first kappa shape index (κ1) is 73.3. The summed E-state index contributed by atoms with van der Waals surface area (Å²) in [6.07, 6.45) is -5.52. The van der Waals surface area contributed by atoms with Crippen LogP contribution in [0, 0.1) is 41.4 Å². The van der Waals surface area contributed by atoms with Gasteiger partial charge >= 0.3 is 24.0 Å². The fraction of sp³-hybridized carbons (Fsp3) is 0.692. The number of carbonyl (C=O) groups excluding carboxylic acids is 8. The molecule has 2 aliphatic heterocycles. The van der Waals surface area contributed by atoms with Crippen molar-refractivity contribution in [3.63, 3.8) is 0 Å². The zero-order valence-corrected chi connectivity index (χ0v) is 54.8. The second-order valence-electron chi connectivity index (χ2n) is 24.4. The molecular weight excluding hydrogens is 1120 g/mol. The van der Waals surface area contributed by atoms with Gasteiger partial charge in [-0.25, -0.2) is 9.59 Å². The molecule has 2 fully saturated rings. The number of nitrogens with two attached hydrogens (primary N) is 1. The summed E-state index contributed by atoms with van der Waals surface area (Å²) in [5, 5.41) is 0. The van der Waals surface area contributed by atoms with E-state index < -0.39 is 96.8 Å². The first-order valence-corrected chi connectivity index (χ1v) is 30.6. The van der Waals surface area contributed by atoms with Crippen molar-refractivity contribution in [2.24, 2.45) is 41.4 Å². The monoisotopic (exact) mass is 1220 g/mol. The van der Waals surface area contributed by atoms with E-state index in [1.165, 1.54) is 17.9 Å². The molecule has 4 rings (SSSR count). The lowest BCUT2D eigenvalue weighted by atomic mass is 9.83. The maximum absolute atomic E-state index is 14.6. The number of hydrogen-bond donors (Lipinski definition) is 1. The molecule has 2 saturated heterocycles. The number of amides is 3. The minimum absolute atomic E-state index is 0.00366. The summed E-state index contributed by atoms with van der Waals surface area (Å²) in [4.78, 5) is 115. The third-order valence-electron chi connectivity index (χ3n) is 17.2. The average Bonchev–Trinajstić information content (AvgIpc) is 1.97. The third kappa shape index (κ3) is 19.6. The van der Waals surface area contributed by atoms with Gasteiger partial charge in [-0.05, 0) is 80.8 Å². The Morgan fingerprint density at radius 2 is 1.43 bits per heavy atom. The van der Waals surface area contributed by atoms with Gasteiger partial charge in [-0.3, -0.25) is 38.6 Å². The molecule has 22 heteroatoms. The SMILES string of the molecule is CC[C@H](C)[C@@H]([C@@H](CC(=O)N1CCC[C@H]1[C@H](OC)[C@@H](C)C(=O)C[C@H](C)[C@@H](OCN(CC)C(=O)OCc1ccc(O[C@@H]2O[C@H](C(=O)OC)[C@@H](OC(C)=O)[C@H](OC(C)=O)[C@H]2C)c(N)c1)c1ccccc1)OC)N(C)C(=O)[C@@H](CC(=O)[C@H](C(C)C)N(C)C)C(C)C. The van der Waals surface area contributed by atoms with Gasteiger partial charge in [0.2, 0.25) is 18.1 Å². The fourth-order valence-electron chi connectivity index (χ4n) is 12.3. The Kier molecular flexibility index (Phi) is 29.1. The molecule has 2 aromatic rings. The molecule has 0 saturated carbocycles. The molecule has 0 spiro atoms. The second-order valence-corrected chi connectivity index (χ2v) is 24.4. The number of nitrogen functional groups attached to an aromatic ring is 1. The minimum Gasteiger partial charge on any atom is -0.467 e. The number of ether oxygens (including phenoxy) is 9. The van der Waals surface area contributed by atoms with Crippen LogP contribution < -0.4 is 10.5 Å². The van der Waals surface area contributed by atoms with Crippen LogP contribution in [0.25, 0.3) is 0 Å². The van der Waals surface area contributed by atoms with Gasteiger partial charge < -0.3 is 58.2 Å². The van der Waals surface area contributed by atoms with E-state index in [-0.39, 0.29) is 104 Å². The van der Waals surface area contributed by atoms with E-state index in [0.29, 0.717) is 24.9 Å². The Morgan fingerprint density at radius 3 is 1.97 bits per heavy atom. The Morgan fingerprint density at radius 1 is 0.782 bits per heavy atom. The number of nitrogens with zero attached hydrogens (tertiary/aromatic N) is 4. The predicted octanol–water partition coefficient (Wildman–Crippen LogP) is 8.05. The standard InChI is InChI=1S/C65H101N5O17/c1-19-39(7)56(68(15)62(76)47(37(3)4)33-51(74)55(38(5)6)67(13)14)53(79-16)34-54(75)70-30-24-27-49(70)58(80-17)41(9)50(73)31-40(8)57(46-25-22-21-23-26-46)83-36-69(20-2)65(78)82-35-45-28-29-52(48(66)32-45)86-64-42(10)59(84-43(11)71)60(85-44(12)72)61(87-64)63(77)81-18/h21-23,25-26,28-29,32,37-42,47,49,53,55-61,64H,19-20,24,27,30-31,33-36,66H2,1-18H3/t39-,40-,41-,42+,47-,49-,53+,55-,56-,57+,58+,59+,60-,61-,64+/m0/s1. The summed E-state index contributed by atoms with van der Waals surface area (Å²) < 4.78 is 52.4. The number of anilines is 1. The average molecular weight is 1220 g/mol. The van der Waals surface area contributed by atoms with Crippen LogP contribution in [0.5, 0.6) is 5.75 Å². The van der Waals surface area contributed by atoms with Crippen LogP contribution in [0.4, 0.5) is 10.5 Å². The number of likely N-dealkylation sites (tertiary alicyclic amines) is 1. The lowest BCUT2D eigenvalue weighted by Gasteiger charge is -2.42. The van der Waals surface area contributed by atoms with Crippen LogP contribution in [0.1, 0.15) is 139 Å². The number of ketones is 2. The molecule has 2 aliphatic rings. The fourth-order valence-corrected chi connectivity index (χ4v) is 12.3. The normalized spacial score (nSPS) is 21.8. The highest BCUT2D eigenvalue weighted by Gasteiger charge is 2.53. The molecule has 22 nitrogen and oxygen atoms in total. The molecule has 2 N–H and O–H groups in total. The van der Waals surface area contributed by atoms with Crippen molar-refractivity contribution in [3.8, 4) is 5.75 Å². The lowest BCUT2D eigenvalue weighted by molar-refractivity contribution is -0.261. The van der Waals surface area contributed by atoms with Crippen molar-refractivity contribution < 1.29 is 81.0 Å². The van der Waals surface area contributed by atoms with E-state index in [4.69, 9.17) is 48.4 Å². The molecule has 0 radical (unpaired) electrons. The van der Waals surface area contributed by atoms with Crippen molar-refractivity contribution in [2.75, 3.05) is 68.0 Å². The second kappa shape index (κ2) is 34.5. The van der Waals surface area contributed by atoms with Crippen molar-refractivity contribution >= 4 is 53.1 Å². The van der Waals surface area contributed by atoms with Crippen LogP contribution in [0.3, 0.4) is 0 Å². The molecule has 2 heterocycles. The summed E-state index contributed by atoms with van der Waals surface area (Å²) >= 11 is 0. The van der Waals surface area contributed by atoms with Gasteiger partial charge in [-0.1, -0.05) is 105 Å². The van der Waals surface area contributed by atoms with E-state index in [0.717, 1.165) is 26.0 Å². The molecule has 488 valence electrons. The van der Waals surface area contributed by atoms with Crippen LogP contribution in [-0.4, -0.2) is 184 Å². The molecule has 0 aromatic heterocycles. The summed E-state index contributed by atoms with van der Waals surface area (Å²) in [6.45, 7) is 21.9. The van der Waals surface area contributed by atoms with Gasteiger partial charge in [-0.15, -0.1) is 0 Å². The van der Waals surface area contributed by atoms with Gasteiger partial charge in [0.25, 0.3) is 0 Å². The third-order valence-corrected chi connectivity index (χ3v) is 17.2. The van der Waals surface area contributed by atoms with Crippen molar-refractivity contribution in [2.45, 2.75) is 189 Å². The zero-order chi connectivity index (χ0) is 65.1. The van der Waals surface area contributed by atoms with Crippen LogP contribution in [0.2, 0.25) is 0 Å². The maximum atomic E-state index is 14.6. The summed E-state index contributed by atoms with van der Waals surface area (Å²) in [5.41, 5.74) is 7.87. The van der Waals surface area contributed by atoms with Crippen molar-refractivity contribution in [1.29, 1.82) is 0 Å². The molecule has 0 aliphatic carbocycles. The van der Waals surface area contributed by atoms with E-state index in [9.17, 15) is 38.4 Å². The van der Waals surface area contributed by atoms with Crippen LogP contribution in [-0.2, 0) is 78.1 Å². The van der Waals surface area contributed by atoms with E-state index in [1.807, 2.05) is 103 Å². The number of methoxy groups -OCH3 is 3. The van der Waals surface area contributed by atoms with Crippen molar-refractivity contribution in [3.05, 3.63) is 59.7 Å². The number of hydrogen-bond acceptors (Lipinski definition) is 19. The Balaban J connectivity index is 1.43. The highest BCUT2D eigenvalue weighted by atomic mass is 16.7. The molecule has 0 unspecified atom stereocenters. The summed E-state index contributed by atoms with van der Waals surface area (Å²) in [6, 6.07) is 12.9. The highest BCUT2D eigenvalue weighted by molar-refractivity contribution is 5.90. The molecule has 15 atom stereocenters. The molecule has 3 amide bonds. The Bertz CT molecular complexity index is 2580. The van der Waals surface area contributed by atoms with Gasteiger partial charge in [0, 0.05) is 72.9 Å².